The van der Waals surface area contributed by atoms with E-state index in [9.17, 15) is 0 Å². The average Bonchev–Trinajstić information content (AvgIpc) is 3.46. The molecule has 2 saturated heterocycles. The van der Waals surface area contributed by atoms with Crippen LogP contribution in [0.1, 0.15) is 5.76 Å². The second kappa shape index (κ2) is 9.16. The second-order valence-electron chi connectivity index (χ2n) is 8.93. The van der Waals surface area contributed by atoms with Gasteiger partial charge in [-0.05, 0) is 43.3 Å². The van der Waals surface area contributed by atoms with Gasteiger partial charge in [0, 0.05) is 38.4 Å². The topological polar surface area (TPSA) is 121 Å². The molecular formula is C24H28N8O3. The van der Waals surface area contributed by atoms with Crippen molar-refractivity contribution in [2.45, 2.75) is 19.6 Å². The Kier molecular flexibility index (Phi) is 5.71. The summed E-state index contributed by atoms with van der Waals surface area (Å²) in [6, 6.07) is 12.1. The molecule has 5 heterocycles. The van der Waals surface area contributed by atoms with Crippen molar-refractivity contribution in [1.82, 2.24) is 29.9 Å². The van der Waals surface area contributed by atoms with Gasteiger partial charge in [0.15, 0.2) is 16.9 Å². The fourth-order valence-corrected chi connectivity index (χ4v) is 4.43. The average molecular weight is 477 g/mol. The van der Waals surface area contributed by atoms with Crippen molar-refractivity contribution in [2.75, 3.05) is 56.6 Å². The van der Waals surface area contributed by atoms with Crippen LogP contribution in [-0.4, -0.2) is 81.9 Å². The van der Waals surface area contributed by atoms with E-state index >= 15 is 0 Å². The van der Waals surface area contributed by atoms with Crippen molar-refractivity contribution in [3.63, 3.8) is 0 Å². The number of rotatable bonds is 7. The van der Waals surface area contributed by atoms with E-state index in [1.165, 1.54) is 5.69 Å². The number of aryl methyl sites for hydroxylation is 1. The zero-order valence-electron chi connectivity index (χ0n) is 19.6. The second-order valence-corrected chi connectivity index (χ2v) is 8.93. The Balaban J connectivity index is 1.07. The van der Waals surface area contributed by atoms with Crippen LogP contribution in [0.2, 0.25) is 0 Å². The molecule has 0 unspecified atom stereocenters. The van der Waals surface area contributed by atoms with E-state index < -0.39 is 0 Å². The van der Waals surface area contributed by atoms with Gasteiger partial charge in [0.1, 0.15) is 23.3 Å². The summed E-state index contributed by atoms with van der Waals surface area (Å²) in [6.45, 7) is 8.63. The van der Waals surface area contributed by atoms with Crippen molar-refractivity contribution < 1.29 is 13.9 Å². The van der Waals surface area contributed by atoms with Crippen molar-refractivity contribution in [3.8, 4) is 17.2 Å². The molecule has 35 heavy (non-hydrogen) atoms. The number of nitrogens with two attached hydrogens (primary N) is 1. The summed E-state index contributed by atoms with van der Waals surface area (Å²) in [5.41, 5.74) is 8.99. The predicted molar refractivity (Wildman–Crippen MR) is 130 cm³/mol. The third-order valence-electron chi connectivity index (χ3n) is 6.47. The van der Waals surface area contributed by atoms with Crippen LogP contribution in [-0.2, 0) is 11.3 Å². The molecule has 182 valence electrons. The number of fused-ring (bicyclic) bond motifs is 1. The summed E-state index contributed by atoms with van der Waals surface area (Å²) in [4.78, 5) is 13.6. The van der Waals surface area contributed by atoms with Crippen LogP contribution >= 0.6 is 0 Å². The number of hydrogen-bond acceptors (Lipinski definition) is 10. The lowest BCUT2D eigenvalue weighted by atomic mass is 10.2. The number of nitrogens with zero attached hydrogens (tertiary/aromatic N) is 7. The maximum Gasteiger partial charge on any atom is 0.222 e. The molecule has 1 aromatic carbocycles. The fourth-order valence-electron chi connectivity index (χ4n) is 4.43. The van der Waals surface area contributed by atoms with E-state index in [-0.39, 0.29) is 12.1 Å². The number of furan rings is 1. The molecule has 11 heteroatoms. The van der Waals surface area contributed by atoms with Crippen molar-refractivity contribution in [1.29, 1.82) is 0 Å². The van der Waals surface area contributed by atoms with Gasteiger partial charge in [-0.15, -0.1) is 5.10 Å². The minimum absolute atomic E-state index is 0.177. The molecule has 3 aromatic heterocycles. The minimum atomic E-state index is 0.177. The molecule has 2 fully saturated rings. The van der Waals surface area contributed by atoms with Gasteiger partial charge in [-0.25, -0.2) is 9.67 Å². The smallest absolute Gasteiger partial charge is 0.222 e. The SMILES string of the molecule is Cc1ccc(-c2nc(N)nc3c2nnn3CCN2CCN(c3ccc(OC4COC4)cc3)CC2)o1. The molecule has 11 nitrogen and oxygen atoms in total. The Morgan fingerprint density at radius 1 is 1.00 bits per heavy atom. The molecule has 2 aliphatic heterocycles. The molecule has 0 radical (unpaired) electrons. The zero-order valence-corrected chi connectivity index (χ0v) is 19.6. The Hall–Kier alpha value is -3.70. The van der Waals surface area contributed by atoms with Gasteiger partial charge < -0.3 is 24.5 Å². The first-order chi connectivity index (χ1) is 17.1. The summed E-state index contributed by atoms with van der Waals surface area (Å²) in [6.07, 6.45) is 0.190. The van der Waals surface area contributed by atoms with Crippen LogP contribution in [0.25, 0.3) is 22.6 Å². The first kappa shape index (κ1) is 21.8. The predicted octanol–water partition coefficient (Wildman–Crippen LogP) is 1.97. The van der Waals surface area contributed by atoms with E-state index in [4.69, 9.17) is 19.6 Å². The van der Waals surface area contributed by atoms with E-state index in [0.717, 1.165) is 44.2 Å². The van der Waals surface area contributed by atoms with E-state index in [2.05, 4.69) is 42.2 Å². The lowest BCUT2D eigenvalue weighted by Gasteiger charge is -2.36. The first-order valence-corrected chi connectivity index (χ1v) is 11.9. The fraction of sp³-hybridized carbons (Fsp3) is 0.417. The van der Waals surface area contributed by atoms with Gasteiger partial charge in [0.05, 0.1) is 19.8 Å². The van der Waals surface area contributed by atoms with Gasteiger partial charge in [-0.3, -0.25) is 4.90 Å². The van der Waals surface area contributed by atoms with Crippen molar-refractivity contribution >= 4 is 22.8 Å². The third-order valence-corrected chi connectivity index (χ3v) is 6.47. The quantitative estimate of drug-likeness (QED) is 0.424. The molecule has 0 atom stereocenters. The standard InChI is InChI=1S/C24H28N8O3/c1-16-2-7-20(34-16)21-22-23(27-24(25)26-21)32(29-28-22)13-10-30-8-11-31(12-9-30)17-3-5-18(6-4-17)35-19-14-33-15-19/h2-7,19H,8-15H2,1H3,(H2,25,26,27). The first-order valence-electron chi connectivity index (χ1n) is 11.9. The number of nitrogen functional groups attached to an aromatic ring is 1. The largest absolute Gasteiger partial charge is 0.486 e. The highest BCUT2D eigenvalue weighted by Crippen LogP contribution is 2.27. The summed E-state index contributed by atoms with van der Waals surface area (Å²) < 4.78 is 18.6. The lowest BCUT2D eigenvalue weighted by molar-refractivity contribution is -0.0796. The van der Waals surface area contributed by atoms with Crippen LogP contribution in [0, 0.1) is 6.92 Å². The molecular weight excluding hydrogens is 448 g/mol. The monoisotopic (exact) mass is 476 g/mol. The van der Waals surface area contributed by atoms with Gasteiger partial charge >= 0.3 is 0 Å². The zero-order chi connectivity index (χ0) is 23.8. The molecule has 2 N–H and O–H groups in total. The molecule has 0 aliphatic carbocycles. The molecule has 4 aromatic rings. The maximum absolute atomic E-state index is 5.99. The summed E-state index contributed by atoms with van der Waals surface area (Å²) in [7, 11) is 0. The van der Waals surface area contributed by atoms with Gasteiger partial charge in [-0.2, -0.15) is 4.98 Å². The number of benzene rings is 1. The van der Waals surface area contributed by atoms with Crippen molar-refractivity contribution in [3.05, 3.63) is 42.2 Å². The molecule has 0 bridgehead atoms. The molecule has 0 saturated carbocycles. The van der Waals surface area contributed by atoms with E-state index in [0.29, 0.717) is 42.4 Å². The van der Waals surface area contributed by atoms with Crippen LogP contribution in [0.3, 0.4) is 0 Å². The highest BCUT2D eigenvalue weighted by Gasteiger charge is 2.22. The van der Waals surface area contributed by atoms with Crippen LogP contribution in [0.15, 0.2) is 40.8 Å². The number of anilines is 2. The molecule has 6 rings (SSSR count). The summed E-state index contributed by atoms with van der Waals surface area (Å²) in [5, 5.41) is 8.65. The number of piperazine rings is 1. The Bertz CT molecular complexity index is 1310. The van der Waals surface area contributed by atoms with Gasteiger partial charge in [-0.1, -0.05) is 5.21 Å². The van der Waals surface area contributed by atoms with E-state index in [1.54, 1.807) is 4.68 Å². The highest BCUT2D eigenvalue weighted by molar-refractivity contribution is 5.85. The summed E-state index contributed by atoms with van der Waals surface area (Å²) in [5.74, 6) is 2.48. The maximum atomic E-state index is 5.99. The Morgan fingerprint density at radius 2 is 1.80 bits per heavy atom. The van der Waals surface area contributed by atoms with E-state index in [1.807, 2.05) is 31.2 Å². The van der Waals surface area contributed by atoms with Crippen LogP contribution in [0.5, 0.6) is 5.75 Å². The molecule has 0 amide bonds. The Labute approximate surface area is 202 Å². The number of aromatic nitrogens is 5. The van der Waals surface area contributed by atoms with Crippen LogP contribution < -0.4 is 15.4 Å². The normalized spacial score (nSPS) is 17.1. The lowest BCUT2D eigenvalue weighted by Crippen LogP contribution is -2.47. The highest BCUT2D eigenvalue weighted by atomic mass is 16.6. The van der Waals surface area contributed by atoms with Gasteiger partial charge in [0.2, 0.25) is 5.95 Å². The van der Waals surface area contributed by atoms with Crippen LogP contribution in [0.4, 0.5) is 11.6 Å². The Morgan fingerprint density at radius 3 is 2.49 bits per heavy atom. The molecule has 0 spiro atoms. The minimum Gasteiger partial charge on any atom is -0.486 e. The third kappa shape index (κ3) is 4.52. The van der Waals surface area contributed by atoms with Gasteiger partial charge in [0.25, 0.3) is 0 Å². The van der Waals surface area contributed by atoms with Crippen molar-refractivity contribution in [2.24, 2.45) is 0 Å². The molecule has 2 aliphatic rings. The number of hydrogen-bond donors (Lipinski definition) is 1. The summed E-state index contributed by atoms with van der Waals surface area (Å²) >= 11 is 0. The number of ether oxygens (including phenoxy) is 2.